The highest BCUT2D eigenvalue weighted by atomic mass is 19.1. The van der Waals surface area contributed by atoms with E-state index < -0.39 is 17.2 Å². The van der Waals surface area contributed by atoms with Crippen LogP contribution in [0.4, 0.5) is 10.1 Å². The van der Waals surface area contributed by atoms with Gasteiger partial charge in [-0.2, -0.15) is 0 Å². The number of ether oxygens (including phenoxy) is 1. The van der Waals surface area contributed by atoms with E-state index in [2.05, 4.69) is 10.1 Å². The van der Waals surface area contributed by atoms with E-state index in [1.165, 1.54) is 13.2 Å². The molecule has 2 rings (SSSR count). The van der Waals surface area contributed by atoms with Crippen LogP contribution in [0.15, 0.2) is 18.2 Å². The van der Waals surface area contributed by atoms with Gasteiger partial charge in [-0.3, -0.25) is 4.79 Å². The summed E-state index contributed by atoms with van der Waals surface area (Å²) >= 11 is 0. The monoisotopic (exact) mass is 266 g/mol. The Morgan fingerprint density at radius 3 is 2.68 bits per heavy atom. The molecule has 5 nitrogen and oxygen atoms in total. The summed E-state index contributed by atoms with van der Waals surface area (Å²) in [6.07, 6.45) is 1.41. The maximum atomic E-state index is 13.2. The minimum atomic E-state index is -0.632. The van der Waals surface area contributed by atoms with Crippen LogP contribution in [0.5, 0.6) is 0 Å². The van der Waals surface area contributed by atoms with Gasteiger partial charge in [-0.25, -0.2) is 9.18 Å². The zero-order valence-electron chi connectivity index (χ0n) is 10.5. The van der Waals surface area contributed by atoms with Crippen LogP contribution in [-0.4, -0.2) is 25.5 Å². The second-order valence-corrected chi connectivity index (χ2v) is 4.62. The second-order valence-electron chi connectivity index (χ2n) is 4.62. The van der Waals surface area contributed by atoms with E-state index in [0.29, 0.717) is 12.8 Å². The fourth-order valence-electron chi connectivity index (χ4n) is 1.84. The van der Waals surface area contributed by atoms with E-state index in [1.54, 1.807) is 0 Å². The molecule has 19 heavy (non-hydrogen) atoms. The van der Waals surface area contributed by atoms with Crippen molar-refractivity contribution in [1.29, 1.82) is 0 Å². The number of amides is 1. The standard InChI is InChI=1S/C13H15FN2O3/c1-19-11(17)9-3-2-8(14)6-10(9)16-12(18)13(7-15)4-5-13/h2-3,6H,4-5,7,15H2,1H3,(H,16,18). The summed E-state index contributed by atoms with van der Waals surface area (Å²) < 4.78 is 17.8. The Labute approximate surface area is 109 Å². The summed E-state index contributed by atoms with van der Waals surface area (Å²) in [4.78, 5) is 23.6. The smallest absolute Gasteiger partial charge is 0.339 e. The number of benzene rings is 1. The quantitative estimate of drug-likeness (QED) is 0.805. The molecular weight excluding hydrogens is 251 g/mol. The summed E-state index contributed by atoms with van der Waals surface area (Å²) in [5, 5.41) is 2.56. The number of anilines is 1. The van der Waals surface area contributed by atoms with Gasteiger partial charge < -0.3 is 15.8 Å². The van der Waals surface area contributed by atoms with Crippen LogP contribution < -0.4 is 11.1 Å². The molecule has 0 heterocycles. The van der Waals surface area contributed by atoms with E-state index in [0.717, 1.165) is 12.1 Å². The summed E-state index contributed by atoms with van der Waals surface area (Å²) in [6.45, 7) is 0.238. The first-order valence-electron chi connectivity index (χ1n) is 5.92. The Balaban J connectivity index is 2.26. The molecule has 1 amide bonds. The number of methoxy groups -OCH3 is 1. The third-order valence-electron chi connectivity index (χ3n) is 3.36. The number of hydrogen-bond acceptors (Lipinski definition) is 4. The number of hydrogen-bond donors (Lipinski definition) is 2. The van der Waals surface area contributed by atoms with Gasteiger partial charge in [-0.05, 0) is 31.0 Å². The Hall–Kier alpha value is -1.95. The molecule has 0 aliphatic heterocycles. The van der Waals surface area contributed by atoms with E-state index >= 15 is 0 Å². The fraction of sp³-hybridized carbons (Fsp3) is 0.385. The van der Waals surface area contributed by atoms with Crippen LogP contribution in [-0.2, 0) is 9.53 Å². The first-order valence-corrected chi connectivity index (χ1v) is 5.92. The molecule has 1 aromatic rings. The Kier molecular flexibility index (Phi) is 3.53. The fourth-order valence-corrected chi connectivity index (χ4v) is 1.84. The Morgan fingerprint density at radius 2 is 2.16 bits per heavy atom. The number of carbonyl (C=O) groups is 2. The predicted molar refractivity (Wildman–Crippen MR) is 67.1 cm³/mol. The number of nitrogens with one attached hydrogen (secondary N) is 1. The van der Waals surface area contributed by atoms with Gasteiger partial charge in [0.25, 0.3) is 0 Å². The minimum Gasteiger partial charge on any atom is -0.465 e. The second kappa shape index (κ2) is 4.97. The molecular formula is C13H15FN2O3. The SMILES string of the molecule is COC(=O)c1ccc(F)cc1NC(=O)C1(CN)CC1. The molecule has 0 radical (unpaired) electrons. The molecule has 6 heteroatoms. The van der Waals surface area contributed by atoms with E-state index in [4.69, 9.17) is 5.73 Å². The van der Waals surface area contributed by atoms with Crippen molar-refractivity contribution in [2.45, 2.75) is 12.8 Å². The molecule has 0 saturated heterocycles. The highest BCUT2D eigenvalue weighted by Gasteiger charge is 2.48. The number of halogens is 1. The van der Waals surface area contributed by atoms with Gasteiger partial charge in [0.05, 0.1) is 23.8 Å². The molecule has 102 valence electrons. The maximum Gasteiger partial charge on any atom is 0.339 e. The molecule has 0 unspecified atom stereocenters. The first kappa shape index (κ1) is 13.5. The van der Waals surface area contributed by atoms with Crippen LogP contribution in [0, 0.1) is 11.2 Å². The normalized spacial score (nSPS) is 15.7. The number of esters is 1. The van der Waals surface area contributed by atoms with E-state index in [-0.39, 0.29) is 23.7 Å². The van der Waals surface area contributed by atoms with E-state index in [1.807, 2.05) is 0 Å². The van der Waals surface area contributed by atoms with Gasteiger partial charge in [0, 0.05) is 6.54 Å². The van der Waals surface area contributed by atoms with E-state index in [9.17, 15) is 14.0 Å². The Morgan fingerprint density at radius 1 is 1.47 bits per heavy atom. The van der Waals surface area contributed by atoms with Gasteiger partial charge in [0.15, 0.2) is 0 Å². The molecule has 0 aromatic heterocycles. The zero-order chi connectivity index (χ0) is 14.0. The molecule has 0 bridgehead atoms. The van der Waals surface area contributed by atoms with Crippen molar-refractivity contribution in [1.82, 2.24) is 0 Å². The third-order valence-corrected chi connectivity index (χ3v) is 3.36. The van der Waals surface area contributed by atoms with Gasteiger partial charge >= 0.3 is 5.97 Å². The van der Waals surface area contributed by atoms with Crippen molar-refractivity contribution in [3.8, 4) is 0 Å². The zero-order valence-corrected chi connectivity index (χ0v) is 10.5. The van der Waals surface area contributed by atoms with Crippen LogP contribution in [0.3, 0.4) is 0 Å². The van der Waals surface area contributed by atoms with Gasteiger partial charge in [0.1, 0.15) is 5.82 Å². The number of carbonyl (C=O) groups excluding carboxylic acids is 2. The van der Waals surface area contributed by atoms with Crippen molar-refractivity contribution >= 4 is 17.6 Å². The predicted octanol–water partition coefficient (Wildman–Crippen LogP) is 1.29. The summed E-state index contributed by atoms with van der Waals surface area (Å²) in [5.74, 6) is -1.46. The Bertz CT molecular complexity index is 527. The molecule has 1 aromatic carbocycles. The highest BCUT2D eigenvalue weighted by molar-refractivity contribution is 6.03. The van der Waals surface area contributed by atoms with Crippen LogP contribution in [0.1, 0.15) is 23.2 Å². The molecule has 1 saturated carbocycles. The summed E-state index contributed by atoms with van der Waals surface area (Å²) in [5.41, 5.74) is 5.20. The lowest BCUT2D eigenvalue weighted by Crippen LogP contribution is -2.31. The summed E-state index contributed by atoms with van der Waals surface area (Å²) in [7, 11) is 1.22. The highest BCUT2D eigenvalue weighted by Crippen LogP contribution is 2.45. The van der Waals surface area contributed by atoms with Gasteiger partial charge in [0.2, 0.25) is 5.91 Å². The van der Waals surface area contributed by atoms with Crippen molar-refractivity contribution in [3.63, 3.8) is 0 Å². The van der Waals surface area contributed by atoms with Crippen molar-refractivity contribution < 1.29 is 18.7 Å². The lowest BCUT2D eigenvalue weighted by Gasteiger charge is -2.15. The molecule has 1 aliphatic carbocycles. The summed E-state index contributed by atoms with van der Waals surface area (Å²) in [6, 6.07) is 3.51. The van der Waals surface area contributed by atoms with Crippen molar-refractivity contribution in [2.75, 3.05) is 19.0 Å². The largest absolute Gasteiger partial charge is 0.465 e. The average molecular weight is 266 g/mol. The molecule has 1 fully saturated rings. The minimum absolute atomic E-state index is 0.108. The van der Waals surface area contributed by atoms with Gasteiger partial charge in [-0.1, -0.05) is 0 Å². The van der Waals surface area contributed by atoms with Crippen LogP contribution in [0.25, 0.3) is 0 Å². The molecule has 1 aliphatic rings. The molecule has 3 N–H and O–H groups in total. The number of rotatable bonds is 4. The van der Waals surface area contributed by atoms with Crippen molar-refractivity contribution in [3.05, 3.63) is 29.6 Å². The topological polar surface area (TPSA) is 81.4 Å². The number of nitrogens with two attached hydrogens (primary N) is 1. The van der Waals surface area contributed by atoms with Crippen molar-refractivity contribution in [2.24, 2.45) is 11.1 Å². The lowest BCUT2D eigenvalue weighted by atomic mass is 10.1. The third kappa shape index (κ3) is 2.58. The van der Waals surface area contributed by atoms with Crippen LogP contribution in [0.2, 0.25) is 0 Å². The molecule has 0 atom stereocenters. The van der Waals surface area contributed by atoms with Gasteiger partial charge in [-0.15, -0.1) is 0 Å². The first-order chi connectivity index (χ1) is 9.02. The average Bonchev–Trinajstić information content (AvgIpc) is 3.19. The lowest BCUT2D eigenvalue weighted by molar-refractivity contribution is -0.120. The van der Waals surface area contributed by atoms with Crippen LogP contribution >= 0.6 is 0 Å². The molecule has 0 spiro atoms. The maximum absolute atomic E-state index is 13.2.